The third-order valence-electron chi connectivity index (χ3n) is 4.03. The number of sulfone groups is 1. The minimum Gasteiger partial charge on any atom is -0.497 e. The van der Waals surface area contributed by atoms with Crippen LogP contribution in [0, 0.1) is 0 Å². The average Bonchev–Trinajstić information content (AvgIpc) is 3.00. The van der Waals surface area contributed by atoms with Gasteiger partial charge >= 0.3 is 0 Å². The maximum Gasteiger partial charge on any atom is 0.260 e. The van der Waals surface area contributed by atoms with Crippen LogP contribution in [-0.4, -0.2) is 56.5 Å². The van der Waals surface area contributed by atoms with Crippen LogP contribution in [0.1, 0.15) is 6.42 Å². The second-order valence-electron chi connectivity index (χ2n) is 5.35. The van der Waals surface area contributed by atoms with Crippen molar-refractivity contribution in [3.63, 3.8) is 0 Å². The van der Waals surface area contributed by atoms with Crippen LogP contribution in [0.3, 0.4) is 0 Å². The molecule has 2 fully saturated rings. The van der Waals surface area contributed by atoms with Gasteiger partial charge in [0.05, 0.1) is 18.1 Å². The fourth-order valence-corrected chi connectivity index (χ4v) is 4.95. The minimum absolute atomic E-state index is 0.0859. The molecule has 2 heterocycles. The molecule has 0 N–H and O–H groups in total. The first kappa shape index (κ1) is 14.2. The lowest BCUT2D eigenvalue weighted by Crippen LogP contribution is -2.45. The van der Waals surface area contributed by atoms with E-state index in [1.54, 1.807) is 36.3 Å². The summed E-state index contributed by atoms with van der Waals surface area (Å²) in [5.74, 6) is 1.13. The maximum atomic E-state index is 12.1. The predicted octanol–water partition coefficient (Wildman–Crippen LogP) is 0.472. The maximum absolute atomic E-state index is 12.1. The molecule has 0 radical (unpaired) electrons. The Hall–Kier alpha value is -1.76. The smallest absolute Gasteiger partial charge is 0.260 e. The van der Waals surface area contributed by atoms with Crippen molar-refractivity contribution in [2.75, 3.05) is 26.0 Å². The Kier molecular flexibility index (Phi) is 3.52. The Morgan fingerprint density at radius 1 is 1.38 bits per heavy atom. The normalized spacial score (nSPS) is 25.9. The van der Waals surface area contributed by atoms with E-state index >= 15 is 0 Å². The van der Waals surface area contributed by atoms with Crippen molar-refractivity contribution in [2.45, 2.75) is 17.7 Å². The standard InChI is InChI=1S/C14H17NO5S/c1-19-11-3-2-4-12(6-11)20-8-14(16)15-7-13-5-10(15)9-21(13,17)18/h2-4,6,10,13H,5,7-9H2,1H3. The van der Waals surface area contributed by atoms with Crippen LogP contribution in [0.5, 0.6) is 11.5 Å². The zero-order valence-electron chi connectivity index (χ0n) is 11.7. The summed E-state index contributed by atoms with van der Waals surface area (Å²) in [6, 6.07) is 6.84. The number of hydrogen-bond acceptors (Lipinski definition) is 5. The number of nitrogens with zero attached hydrogens (tertiary/aromatic N) is 1. The quantitative estimate of drug-likeness (QED) is 0.808. The zero-order valence-corrected chi connectivity index (χ0v) is 12.5. The number of carbonyl (C=O) groups excluding carboxylic acids is 1. The van der Waals surface area contributed by atoms with Gasteiger partial charge in [0.2, 0.25) is 0 Å². The largest absolute Gasteiger partial charge is 0.497 e. The molecule has 6 nitrogen and oxygen atoms in total. The highest BCUT2D eigenvalue weighted by atomic mass is 32.2. The number of benzene rings is 1. The number of rotatable bonds is 4. The van der Waals surface area contributed by atoms with Gasteiger partial charge in [-0.1, -0.05) is 6.07 Å². The predicted molar refractivity (Wildman–Crippen MR) is 76.2 cm³/mol. The van der Waals surface area contributed by atoms with E-state index < -0.39 is 9.84 Å². The SMILES string of the molecule is COc1cccc(OCC(=O)N2CC3CC2CS3(=O)=O)c1. The van der Waals surface area contributed by atoms with Gasteiger partial charge in [0.15, 0.2) is 16.4 Å². The van der Waals surface area contributed by atoms with Crippen LogP contribution in [0.4, 0.5) is 0 Å². The summed E-state index contributed by atoms with van der Waals surface area (Å²) in [6.07, 6.45) is 0.563. The van der Waals surface area contributed by atoms with E-state index in [1.165, 1.54) is 0 Å². The summed E-state index contributed by atoms with van der Waals surface area (Å²) in [7, 11) is -1.42. The summed E-state index contributed by atoms with van der Waals surface area (Å²) in [4.78, 5) is 13.8. The van der Waals surface area contributed by atoms with Crippen LogP contribution < -0.4 is 9.47 Å². The fraction of sp³-hybridized carbons (Fsp3) is 0.500. The summed E-state index contributed by atoms with van der Waals surface area (Å²) in [6.45, 7) is 0.212. The van der Waals surface area contributed by atoms with Gasteiger partial charge in [-0.15, -0.1) is 0 Å². The molecule has 3 rings (SSSR count). The van der Waals surface area contributed by atoms with Gasteiger partial charge in [0.1, 0.15) is 11.5 Å². The van der Waals surface area contributed by atoms with Gasteiger partial charge in [-0.2, -0.15) is 0 Å². The molecule has 2 unspecified atom stereocenters. The minimum atomic E-state index is -2.98. The Bertz CT molecular complexity index is 657. The van der Waals surface area contributed by atoms with Crippen LogP contribution in [0.25, 0.3) is 0 Å². The monoisotopic (exact) mass is 311 g/mol. The van der Waals surface area contributed by atoms with Gasteiger partial charge in [0.25, 0.3) is 5.91 Å². The molecule has 2 aliphatic rings. The molecule has 2 bridgehead atoms. The van der Waals surface area contributed by atoms with E-state index in [4.69, 9.17) is 9.47 Å². The molecule has 1 aromatic carbocycles. The molecule has 7 heteroatoms. The molecule has 1 amide bonds. The number of amides is 1. The number of fused-ring (bicyclic) bond motifs is 2. The molecule has 0 saturated carbocycles. The van der Waals surface area contributed by atoms with Gasteiger partial charge in [-0.05, 0) is 18.6 Å². The van der Waals surface area contributed by atoms with E-state index in [0.29, 0.717) is 24.5 Å². The third-order valence-corrected chi connectivity index (χ3v) is 6.24. The molecule has 2 saturated heterocycles. The van der Waals surface area contributed by atoms with Crippen molar-refractivity contribution in [2.24, 2.45) is 0 Å². The Labute approximate surface area is 123 Å². The van der Waals surface area contributed by atoms with Crippen LogP contribution in [0.15, 0.2) is 24.3 Å². The number of carbonyl (C=O) groups is 1. The molecule has 0 aliphatic carbocycles. The topological polar surface area (TPSA) is 72.9 Å². The molecule has 1 aromatic rings. The van der Waals surface area contributed by atoms with E-state index in [9.17, 15) is 13.2 Å². The molecule has 114 valence electrons. The fourth-order valence-electron chi connectivity index (χ4n) is 2.92. The summed E-state index contributed by atoms with van der Waals surface area (Å²) >= 11 is 0. The lowest BCUT2D eigenvalue weighted by Gasteiger charge is -2.26. The Balaban J connectivity index is 1.58. The first-order valence-corrected chi connectivity index (χ1v) is 8.49. The summed E-state index contributed by atoms with van der Waals surface area (Å²) in [5.41, 5.74) is 0. The highest BCUT2D eigenvalue weighted by molar-refractivity contribution is 7.92. The zero-order chi connectivity index (χ0) is 15.0. The Morgan fingerprint density at radius 2 is 2.14 bits per heavy atom. The van der Waals surface area contributed by atoms with E-state index in [0.717, 1.165) is 0 Å². The van der Waals surface area contributed by atoms with E-state index in [-0.39, 0.29) is 29.6 Å². The van der Waals surface area contributed by atoms with Crippen molar-refractivity contribution in [1.29, 1.82) is 0 Å². The number of likely N-dealkylation sites (tertiary alicyclic amines) is 1. The van der Waals surface area contributed by atoms with Crippen molar-refractivity contribution in [3.05, 3.63) is 24.3 Å². The molecular formula is C14H17NO5S. The Morgan fingerprint density at radius 3 is 2.76 bits per heavy atom. The van der Waals surface area contributed by atoms with Crippen LogP contribution >= 0.6 is 0 Å². The lowest BCUT2D eigenvalue weighted by molar-refractivity contribution is -0.133. The lowest BCUT2D eigenvalue weighted by atomic mass is 10.2. The molecule has 21 heavy (non-hydrogen) atoms. The number of methoxy groups -OCH3 is 1. The molecule has 0 spiro atoms. The molecule has 2 aliphatic heterocycles. The molecule has 0 aromatic heterocycles. The highest BCUT2D eigenvalue weighted by Gasteiger charge is 2.49. The first-order valence-electron chi connectivity index (χ1n) is 6.77. The first-order chi connectivity index (χ1) is 9.99. The third kappa shape index (κ3) is 2.70. The summed E-state index contributed by atoms with van der Waals surface area (Å²) in [5, 5.41) is -0.386. The highest BCUT2D eigenvalue weighted by Crippen LogP contribution is 2.32. The second kappa shape index (κ2) is 5.22. The molecular weight excluding hydrogens is 294 g/mol. The number of hydrogen-bond donors (Lipinski definition) is 0. The van der Waals surface area contributed by atoms with E-state index in [2.05, 4.69) is 0 Å². The second-order valence-corrected chi connectivity index (χ2v) is 7.68. The van der Waals surface area contributed by atoms with Crippen molar-refractivity contribution in [1.82, 2.24) is 4.90 Å². The van der Waals surface area contributed by atoms with Crippen molar-refractivity contribution in [3.8, 4) is 11.5 Å². The van der Waals surface area contributed by atoms with Gasteiger partial charge in [0, 0.05) is 18.7 Å². The van der Waals surface area contributed by atoms with Crippen molar-refractivity contribution >= 4 is 15.7 Å². The van der Waals surface area contributed by atoms with E-state index in [1.807, 2.05) is 0 Å². The van der Waals surface area contributed by atoms with Gasteiger partial charge in [-0.25, -0.2) is 8.42 Å². The van der Waals surface area contributed by atoms with Crippen LogP contribution in [0.2, 0.25) is 0 Å². The summed E-state index contributed by atoms with van der Waals surface area (Å²) < 4.78 is 33.9. The van der Waals surface area contributed by atoms with Crippen molar-refractivity contribution < 1.29 is 22.7 Å². The van der Waals surface area contributed by atoms with Crippen LogP contribution in [-0.2, 0) is 14.6 Å². The molecule has 2 atom stereocenters. The van der Waals surface area contributed by atoms with Gasteiger partial charge < -0.3 is 14.4 Å². The average molecular weight is 311 g/mol. The number of ether oxygens (including phenoxy) is 2. The van der Waals surface area contributed by atoms with Gasteiger partial charge in [-0.3, -0.25) is 4.79 Å².